The van der Waals surface area contributed by atoms with Gasteiger partial charge in [0.2, 0.25) is 0 Å². The highest BCUT2D eigenvalue weighted by Crippen LogP contribution is 2.39. The minimum Gasteiger partial charge on any atom is -0.309 e. The summed E-state index contributed by atoms with van der Waals surface area (Å²) in [6.07, 6.45) is 0. The molecule has 0 fully saturated rings. The van der Waals surface area contributed by atoms with Crippen LogP contribution < -0.4 is 20.7 Å². The Labute approximate surface area is 368 Å². The van der Waals surface area contributed by atoms with E-state index < -0.39 is 8.07 Å². The highest BCUT2D eigenvalue weighted by atomic mass is 28.3. The lowest BCUT2D eigenvalue weighted by Gasteiger charge is -2.35. The lowest BCUT2D eigenvalue weighted by molar-refractivity contribution is 1.16. The number of fused-ring (bicyclic) bond motifs is 6. The summed E-state index contributed by atoms with van der Waals surface area (Å²) in [5.41, 5.74) is 11.9. The van der Waals surface area contributed by atoms with Gasteiger partial charge in [-0.2, -0.15) is 0 Å². The summed E-state index contributed by atoms with van der Waals surface area (Å²) in [5.74, 6) is 0. The topological polar surface area (TPSA) is 9.86 Å². The van der Waals surface area contributed by atoms with Gasteiger partial charge in [-0.3, -0.25) is 0 Å². The van der Waals surface area contributed by atoms with Gasteiger partial charge in [0.15, 0.2) is 8.07 Å². The Morgan fingerprint density at radius 2 is 0.683 bits per heavy atom. The van der Waals surface area contributed by atoms with Crippen molar-refractivity contribution in [2.24, 2.45) is 0 Å². The number of hydrogen-bond acceptors (Lipinski definition) is 0. The van der Waals surface area contributed by atoms with Gasteiger partial charge in [0.25, 0.3) is 0 Å². The van der Waals surface area contributed by atoms with Crippen LogP contribution in [0.4, 0.5) is 0 Å². The van der Waals surface area contributed by atoms with Crippen LogP contribution in [0.1, 0.15) is 0 Å². The van der Waals surface area contributed by atoms with Gasteiger partial charge < -0.3 is 9.13 Å². The van der Waals surface area contributed by atoms with Crippen molar-refractivity contribution in [3.8, 4) is 33.6 Å². The Morgan fingerprint density at radius 1 is 0.254 bits per heavy atom. The number of rotatable bonds is 8. The molecule has 12 aromatic rings. The van der Waals surface area contributed by atoms with Crippen molar-refractivity contribution in [3.63, 3.8) is 0 Å². The average Bonchev–Trinajstić information content (AvgIpc) is 3.88. The van der Waals surface area contributed by atoms with Crippen LogP contribution in [0.5, 0.6) is 0 Å². The molecule has 12 rings (SSSR count). The van der Waals surface area contributed by atoms with Crippen molar-refractivity contribution in [2.45, 2.75) is 0 Å². The van der Waals surface area contributed by atoms with Gasteiger partial charge >= 0.3 is 0 Å². The molecular formula is C60H42N2Si. The third-order valence-corrected chi connectivity index (χ3v) is 17.9. The SMILES string of the molecule is c1ccc(-c2ccc(-n3c4ccccc4c4ccc(-n5c6cc(-c7ccccc7)ccc6c6cccc([Si](c7ccccc7)(c7ccccc7)c7ccccc7)c65)cc43)cc2)cc1. The van der Waals surface area contributed by atoms with Crippen molar-refractivity contribution in [1.29, 1.82) is 0 Å². The molecule has 0 radical (unpaired) electrons. The lowest BCUT2D eigenvalue weighted by atomic mass is 10.0. The summed E-state index contributed by atoms with van der Waals surface area (Å²) >= 11 is 0. The van der Waals surface area contributed by atoms with Crippen LogP contribution in [0.25, 0.3) is 77.2 Å². The van der Waals surface area contributed by atoms with E-state index in [4.69, 9.17) is 0 Å². The molecule has 0 atom stereocenters. The first-order chi connectivity index (χ1) is 31.3. The van der Waals surface area contributed by atoms with Gasteiger partial charge in [-0.05, 0) is 79.4 Å². The zero-order chi connectivity index (χ0) is 41.7. The normalized spacial score (nSPS) is 11.8. The van der Waals surface area contributed by atoms with Gasteiger partial charge in [0.1, 0.15) is 0 Å². The summed E-state index contributed by atoms with van der Waals surface area (Å²) in [6, 6.07) is 94.4. The molecule has 0 aliphatic rings. The third kappa shape index (κ3) is 5.93. The van der Waals surface area contributed by atoms with Crippen LogP contribution >= 0.6 is 0 Å². The van der Waals surface area contributed by atoms with Crippen molar-refractivity contribution in [2.75, 3.05) is 0 Å². The van der Waals surface area contributed by atoms with Gasteiger partial charge in [-0.15, -0.1) is 0 Å². The zero-order valence-corrected chi connectivity index (χ0v) is 35.6. The lowest BCUT2D eigenvalue weighted by Crippen LogP contribution is -2.75. The van der Waals surface area contributed by atoms with E-state index in [0.29, 0.717) is 0 Å². The molecule has 2 aromatic heterocycles. The quantitative estimate of drug-likeness (QED) is 0.107. The molecule has 296 valence electrons. The van der Waals surface area contributed by atoms with E-state index in [1.165, 1.54) is 86.6 Å². The van der Waals surface area contributed by atoms with Crippen LogP contribution in [0.2, 0.25) is 0 Å². The van der Waals surface area contributed by atoms with Crippen molar-refractivity contribution in [1.82, 2.24) is 9.13 Å². The maximum atomic E-state index is 2.59. The smallest absolute Gasteiger partial charge is 0.181 e. The van der Waals surface area contributed by atoms with Gasteiger partial charge in [-0.25, -0.2) is 0 Å². The summed E-state index contributed by atoms with van der Waals surface area (Å²) in [7, 11) is -2.97. The van der Waals surface area contributed by atoms with Crippen LogP contribution in [-0.2, 0) is 0 Å². The number of benzene rings is 10. The molecule has 0 unspecified atom stereocenters. The van der Waals surface area contributed by atoms with E-state index in [1.807, 2.05) is 0 Å². The molecule has 0 aliphatic heterocycles. The molecule has 0 N–H and O–H groups in total. The fourth-order valence-corrected chi connectivity index (χ4v) is 15.2. The Morgan fingerprint density at radius 3 is 1.30 bits per heavy atom. The minimum absolute atomic E-state index is 1.13. The number of nitrogens with zero attached hydrogens (tertiary/aromatic N) is 2. The van der Waals surface area contributed by atoms with Crippen LogP contribution in [0.3, 0.4) is 0 Å². The van der Waals surface area contributed by atoms with Crippen LogP contribution in [0, 0.1) is 0 Å². The zero-order valence-electron chi connectivity index (χ0n) is 34.6. The average molecular weight is 819 g/mol. The Hall–Kier alpha value is -7.98. The van der Waals surface area contributed by atoms with Crippen molar-refractivity contribution < 1.29 is 0 Å². The Balaban J connectivity index is 1.20. The summed E-state index contributed by atoms with van der Waals surface area (Å²) in [4.78, 5) is 0. The maximum Gasteiger partial charge on any atom is 0.181 e. The molecule has 0 aliphatic carbocycles. The van der Waals surface area contributed by atoms with Crippen molar-refractivity contribution in [3.05, 3.63) is 255 Å². The Kier molecular flexibility index (Phi) is 8.87. The van der Waals surface area contributed by atoms with Crippen LogP contribution in [-0.4, -0.2) is 17.2 Å². The largest absolute Gasteiger partial charge is 0.309 e. The molecule has 2 heterocycles. The van der Waals surface area contributed by atoms with Crippen LogP contribution in [0.15, 0.2) is 255 Å². The highest BCUT2D eigenvalue weighted by Gasteiger charge is 2.43. The van der Waals surface area contributed by atoms with E-state index in [2.05, 4.69) is 264 Å². The summed E-state index contributed by atoms with van der Waals surface area (Å²) in [5, 5.41) is 10.4. The monoisotopic (exact) mass is 818 g/mol. The molecular weight excluding hydrogens is 777 g/mol. The van der Waals surface area contributed by atoms with E-state index in [-0.39, 0.29) is 0 Å². The van der Waals surface area contributed by atoms with Gasteiger partial charge in [0, 0.05) is 32.9 Å². The van der Waals surface area contributed by atoms with E-state index in [9.17, 15) is 0 Å². The van der Waals surface area contributed by atoms with E-state index in [0.717, 1.165) is 11.4 Å². The predicted molar refractivity (Wildman–Crippen MR) is 270 cm³/mol. The Bertz CT molecular complexity index is 3480. The molecule has 0 amide bonds. The minimum atomic E-state index is -2.97. The van der Waals surface area contributed by atoms with E-state index >= 15 is 0 Å². The third-order valence-electron chi connectivity index (χ3n) is 13.1. The van der Waals surface area contributed by atoms with Gasteiger partial charge in [0.05, 0.1) is 22.1 Å². The van der Waals surface area contributed by atoms with E-state index in [1.54, 1.807) is 0 Å². The molecule has 0 saturated carbocycles. The molecule has 10 aromatic carbocycles. The molecule has 2 nitrogen and oxygen atoms in total. The maximum absolute atomic E-state index is 2.97. The highest BCUT2D eigenvalue weighted by molar-refractivity contribution is 7.20. The number of aromatic nitrogens is 2. The first-order valence-corrected chi connectivity index (χ1v) is 23.8. The van der Waals surface area contributed by atoms with Gasteiger partial charge in [-0.1, -0.05) is 218 Å². The second-order valence-corrected chi connectivity index (χ2v) is 20.2. The fourth-order valence-electron chi connectivity index (χ4n) is 10.3. The molecule has 0 spiro atoms. The fraction of sp³-hybridized carbons (Fsp3) is 0. The summed E-state index contributed by atoms with van der Waals surface area (Å²) < 4.78 is 5.03. The first kappa shape index (κ1) is 36.8. The number of hydrogen-bond donors (Lipinski definition) is 0. The molecule has 63 heavy (non-hydrogen) atoms. The van der Waals surface area contributed by atoms with Crippen molar-refractivity contribution >= 4 is 72.4 Å². The second kappa shape index (κ2) is 15.2. The number of para-hydroxylation sites is 2. The predicted octanol–water partition coefficient (Wildman–Crippen LogP) is 12.6. The second-order valence-electron chi connectivity index (χ2n) is 16.5. The molecule has 0 bridgehead atoms. The molecule has 0 saturated heterocycles. The first-order valence-electron chi connectivity index (χ1n) is 21.8. The molecule has 3 heteroatoms. The standard InChI is InChI=1S/C60H42N2Si/c1-6-19-43(20-7-1)45-33-36-47(37-34-45)61-56-31-17-16-29-52(56)53-40-38-48(42-58(53)61)62-57-41-46(44-21-8-2-9-22-44)35-39-54(57)55-30-18-32-59(60(55)62)63(49-23-10-3-11-24-49,50-25-12-4-13-26-50)51-27-14-5-15-28-51/h1-42H. The summed E-state index contributed by atoms with van der Waals surface area (Å²) in [6.45, 7) is 0.